The van der Waals surface area contributed by atoms with E-state index in [9.17, 15) is 4.79 Å². The third-order valence-electron chi connectivity index (χ3n) is 2.59. The van der Waals surface area contributed by atoms with E-state index in [0.717, 1.165) is 0 Å². The highest BCUT2D eigenvalue weighted by Crippen LogP contribution is 2.21. The van der Waals surface area contributed by atoms with Crippen LogP contribution in [0.5, 0.6) is 0 Å². The molecule has 1 aliphatic heterocycles. The van der Waals surface area contributed by atoms with Crippen LogP contribution in [-0.4, -0.2) is 50.3 Å². The van der Waals surface area contributed by atoms with E-state index in [1.54, 1.807) is 7.11 Å². The van der Waals surface area contributed by atoms with Crippen LogP contribution in [0.3, 0.4) is 0 Å². The zero-order chi connectivity index (χ0) is 12.2. The molecule has 0 aromatic heterocycles. The molecule has 0 aromatic rings. The van der Waals surface area contributed by atoms with Crippen LogP contribution in [0.2, 0.25) is 0 Å². The van der Waals surface area contributed by atoms with Gasteiger partial charge in [0.2, 0.25) is 5.91 Å². The molecule has 4 heteroatoms. The summed E-state index contributed by atoms with van der Waals surface area (Å²) in [6.07, 6.45) is 0.577. The number of morpholine rings is 1. The molecule has 1 atom stereocenters. The first-order chi connectivity index (χ1) is 7.44. The Bertz CT molecular complexity index is 233. The zero-order valence-corrected chi connectivity index (χ0v) is 10.8. The van der Waals surface area contributed by atoms with E-state index in [4.69, 9.17) is 9.47 Å². The molecule has 1 saturated heterocycles. The minimum atomic E-state index is 0.0347. The Morgan fingerprint density at radius 3 is 2.75 bits per heavy atom. The molecule has 0 aromatic carbocycles. The SMILES string of the molecule is COCC1COCCN1C(=O)CC(C)(C)C. The fourth-order valence-corrected chi connectivity index (χ4v) is 1.87. The van der Waals surface area contributed by atoms with Gasteiger partial charge in [0, 0.05) is 20.1 Å². The molecule has 0 aliphatic carbocycles. The molecule has 1 rings (SSSR count). The van der Waals surface area contributed by atoms with E-state index in [1.165, 1.54) is 0 Å². The first-order valence-corrected chi connectivity index (χ1v) is 5.80. The Morgan fingerprint density at radius 2 is 2.19 bits per heavy atom. The van der Waals surface area contributed by atoms with Gasteiger partial charge in [0.25, 0.3) is 0 Å². The molecule has 1 aliphatic rings. The molecule has 1 heterocycles. The largest absolute Gasteiger partial charge is 0.382 e. The van der Waals surface area contributed by atoms with Crippen LogP contribution >= 0.6 is 0 Å². The smallest absolute Gasteiger partial charge is 0.223 e. The van der Waals surface area contributed by atoms with Crippen LogP contribution in [0.15, 0.2) is 0 Å². The quantitative estimate of drug-likeness (QED) is 0.732. The second kappa shape index (κ2) is 5.64. The number of ether oxygens (including phenoxy) is 2. The van der Waals surface area contributed by atoms with Crippen molar-refractivity contribution < 1.29 is 14.3 Å². The van der Waals surface area contributed by atoms with Crippen LogP contribution in [-0.2, 0) is 14.3 Å². The van der Waals surface area contributed by atoms with Crippen molar-refractivity contribution in [2.45, 2.75) is 33.2 Å². The summed E-state index contributed by atoms with van der Waals surface area (Å²) in [5.41, 5.74) is 0.0347. The van der Waals surface area contributed by atoms with Crippen LogP contribution in [0.4, 0.5) is 0 Å². The van der Waals surface area contributed by atoms with E-state index in [1.807, 2.05) is 4.90 Å². The molecule has 1 fully saturated rings. The molecule has 1 amide bonds. The summed E-state index contributed by atoms with van der Waals surface area (Å²) in [5, 5.41) is 0. The predicted octanol–water partition coefficient (Wildman–Crippen LogP) is 1.30. The van der Waals surface area contributed by atoms with Crippen molar-refractivity contribution in [1.82, 2.24) is 4.90 Å². The number of amides is 1. The minimum absolute atomic E-state index is 0.0347. The van der Waals surface area contributed by atoms with Crippen LogP contribution in [0.25, 0.3) is 0 Å². The fraction of sp³-hybridized carbons (Fsp3) is 0.917. The lowest BCUT2D eigenvalue weighted by molar-refractivity contribution is -0.144. The van der Waals surface area contributed by atoms with Crippen LogP contribution < -0.4 is 0 Å². The summed E-state index contributed by atoms with van der Waals surface area (Å²) < 4.78 is 10.5. The number of methoxy groups -OCH3 is 1. The van der Waals surface area contributed by atoms with Crippen molar-refractivity contribution in [2.75, 3.05) is 33.5 Å². The molecule has 0 bridgehead atoms. The maximum Gasteiger partial charge on any atom is 0.223 e. The molecule has 4 nitrogen and oxygen atoms in total. The Labute approximate surface area is 97.9 Å². The Balaban J connectivity index is 2.57. The fourth-order valence-electron chi connectivity index (χ4n) is 1.87. The number of carbonyl (C=O) groups is 1. The summed E-state index contributed by atoms with van der Waals surface area (Å²) in [5.74, 6) is 0.206. The molecular weight excluding hydrogens is 206 g/mol. The molecular formula is C12H23NO3. The van der Waals surface area contributed by atoms with Gasteiger partial charge in [0.15, 0.2) is 0 Å². The average molecular weight is 229 g/mol. The van der Waals surface area contributed by atoms with Gasteiger partial charge in [0.1, 0.15) is 0 Å². The molecule has 1 unspecified atom stereocenters. The first-order valence-electron chi connectivity index (χ1n) is 5.80. The van der Waals surface area contributed by atoms with E-state index in [2.05, 4.69) is 20.8 Å². The molecule has 16 heavy (non-hydrogen) atoms. The van der Waals surface area contributed by atoms with E-state index in [0.29, 0.717) is 32.8 Å². The molecule has 0 spiro atoms. The summed E-state index contributed by atoms with van der Waals surface area (Å²) >= 11 is 0. The van der Waals surface area contributed by atoms with E-state index in [-0.39, 0.29) is 17.4 Å². The normalized spacial score (nSPS) is 22.2. The lowest BCUT2D eigenvalue weighted by Crippen LogP contribution is -2.51. The number of rotatable bonds is 3. The number of carbonyl (C=O) groups excluding carboxylic acids is 1. The summed E-state index contributed by atoms with van der Waals surface area (Å²) in [7, 11) is 1.65. The summed E-state index contributed by atoms with van der Waals surface area (Å²) in [4.78, 5) is 14.0. The van der Waals surface area contributed by atoms with Crippen LogP contribution in [0.1, 0.15) is 27.2 Å². The molecule has 0 saturated carbocycles. The Morgan fingerprint density at radius 1 is 1.50 bits per heavy atom. The maximum atomic E-state index is 12.1. The monoisotopic (exact) mass is 229 g/mol. The van der Waals surface area contributed by atoms with Crippen molar-refractivity contribution >= 4 is 5.91 Å². The number of hydrogen-bond acceptors (Lipinski definition) is 3. The van der Waals surface area contributed by atoms with Gasteiger partial charge < -0.3 is 14.4 Å². The van der Waals surface area contributed by atoms with Gasteiger partial charge in [-0.15, -0.1) is 0 Å². The van der Waals surface area contributed by atoms with Crippen molar-refractivity contribution in [3.8, 4) is 0 Å². The second-order valence-corrected chi connectivity index (χ2v) is 5.51. The van der Waals surface area contributed by atoms with E-state index >= 15 is 0 Å². The van der Waals surface area contributed by atoms with Crippen molar-refractivity contribution in [3.05, 3.63) is 0 Å². The van der Waals surface area contributed by atoms with Gasteiger partial charge >= 0.3 is 0 Å². The molecule has 94 valence electrons. The van der Waals surface area contributed by atoms with Gasteiger partial charge in [-0.05, 0) is 5.41 Å². The van der Waals surface area contributed by atoms with Gasteiger partial charge in [-0.2, -0.15) is 0 Å². The van der Waals surface area contributed by atoms with Gasteiger partial charge in [-0.1, -0.05) is 20.8 Å². The second-order valence-electron chi connectivity index (χ2n) is 5.51. The highest BCUT2D eigenvalue weighted by molar-refractivity contribution is 5.77. The number of nitrogens with zero attached hydrogens (tertiary/aromatic N) is 1. The van der Waals surface area contributed by atoms with Crippen molar-refractivity contribution in [1.29, 1.82) is 0 Å². The zero-order valence-electron chi connectivity index (χ0n) is 10.8. The topological polar surface area (TPSA) is 38.8 Å². The number of hydrogen-bond donors (Lipinski definition) is 0. The standard InChI is InChI=1S/C12H23NO3/c1-12(2,3)7-11(14)13-5-6-16-9-10(13)8-15-4/h10H,5-9H2,1-4H3. The third kappa shape index (κ3) is 4.10. The average Bonchev–Trinajstić information content (AvgIpc) is 2.16. The Hall–Kier alpha value is -0.610. The lowest BCUT2D eigenvalue weighted by atomic mass is 9.91. The maximum absolute atomic E-state index is 12.1. The van der Waals surface area contributed by atoms with Crippen molar-refractivity contribution in [2.24, 2.45) is 5.41 Å². The first kappa shape index (κ1) is 13.5. The Kier molecular flexibility index (Phi) is 4.74. The van der Waals surface area contributed by atoms with E-state index < -0.39 is 0 Å². The molecule has 0 radical (unpaired) electrons. The highest BCUT2D eigenvalue weighted by atomic mass is 16.5. The third-order valence-corrected chi connectivity index (χ3v) is 2.59. The summed E-state index contributed by atoms with van der Waals surface area (Å²) in [6.45, 7) is 8.70. The van der Waals surface area contributed by atoms with Crippen LogP contribution in [0, 0.1) is 5.41 Å². The van der Waals surface area contributed by atoms with Crippen molar-refractivity contribution in [3.63, 3.8) is 0 Å². The van der Waals surface area contributed by atoms with Gasteiger partial charge in [-0.25, -0.2) is 0 Å². The van der Waals surface area contributed by atoms with Gasteiger partial charge in [0.05, 0.1) is 25.9 Å². The minimum Gasteiger partial charge on any atom is -0.382 e. The van der Waals surface area contributed by atoms with Gasteiger partial charge in [-0.3, -0.25) is 4.79 Å². The molecule has 0 N–H and O–H groups in total. The lowest BCUT2D eigenvalue weighted by Gasteiger charge is -2.36. The summed E-state index contributed by atoms with van der Waals surface area (Å²) in [6, 6.07) is 0.0774. The predicted molar refractivity (Wildman–Crippen MR) is 62.3 cm³/mol. The highest BCUT2D eigenvalue weighted by Gasteiger charge is 2.29.